The highest BCUT2D eigenvalue weighted by molar-refractivity contribution is 6.05. The highest BCUT2D eigenvalue weighted by Gasteiger charge is 2.06. The van der Waals surface area contributed by atoms with Crippen molar-refractivity contribution in [3.8, 4) is 0 Å². The van der Waals surface area contributed by atoms with E-state index in [1.165, 1.54) is 0 Å². The van der Waals surface area contributed by atoms with Crippen LogP contribution in [0, 0.1) is 0 Å². The third kappa shape index (κ3) is 2.40. The summed E-state index contributed by atoms with van der Waals surface area (Å²) in [6.45, 7) is 0. The molecule has 0 aliphatic heterocycles. The Kier molecular flexibility index (Phi) is 2.86. The van der Waals surface area contributed by atoms with Crippen molar-refractivity contribution < 1.29 is 4.79 Å². The van der Waals surface area contributed by atoms with Gasteiger partial charge in [-0.2, -0.15) is 0 Å². The molecule has 5 heteroatoms. The summed E-state index contributed by atoms with van der Waals surface area (Å²) in [4.78, 5) is 19.0. The number of hydrogen-bond acceptors (Lipinski definition) is 2. The quantitative estimate of drug-likeness (QED) is 0.655. The van der Waals surface area contributed by atoms with Crippen LogP contribution in [0.1, 0.15) is 0 Å². The molecule has 3 aromatic rings. The first-order valence-corrected chi connectivity index (χ1v) is 5.88. The number of nitrogens with zero attached hydrogens (tertiary/aromatic N) is 1. The molecule has 5 nitrogen and oxygen atoms in total. The number of aromatic nitrogens is 2. The van der Waals surface area contributed by atoms with Gasteiger partial charge in [0.25, 0.3) is 0 Å². The number of benzene rings is 1. The van der Waals surface area contributed by atoms with Crippen LogP contribution < -0.4 is 10.6 Å². The normalized spacial score (nSPS) is 10.3. The summed E-state index contributed by atoms with van der Waals surface area (Å²) < 4.78 is 0. The summed E-state index contributed by atoms with van der Waals surface area (Å²) in [5.41, 5.74) is 1.74. The second kappa shape index (κ2) is 4.81. The number of carbonyl (C=O) groups is 1. The van der Waals surface area contributed by atoms with Crippen LogP contribution in [0.3, 0.4) is 0 Å². The van der Waals surface area contributed by atoms with Crippen LogP contribution in [0.25, 0.3) is 10.9 Å². The maximum atomic E-state index is 11.9. The van der Waals surface area contributed by atoms with E-state index in [0.717, 1.165) is 16.6 Å². The second-order valence-electron chi connectivity index (χ2n) is 4.04. The number of fused-ring (bicyclic) bond motifs is 1. The highest BCUT2D eigenvalue weighted by Crippen LogP contribution is 2.22. The molecule has 3 rings (SSSR count). The van der Waals surface area contributed by atoms with Crippen LogP contribution in [0.2, 0.25) is 0 Å². The van der Waals surface area contributed by atoms with Gasteiger partial charge < -0.3 is 10.3 Å². The first-order chi connectivity index (χ1) is 9.33. The van der Waals surface area contributed by atoms with Crippen molar-refractivity contribution >= 4 is 28.4 Å². The maximum Gasteiger partial charge on any atom is 0.324 e. The lowest BCUT2D eigenvalue weighted by atomic mass is 10.2. The molecular formula is C14H12N4O. The number of amides is 2. The number of aromatic amines is 1. The Balaban J connectivity index is 1.78. The van der Waals surface area contributed by atoms with Crippen molar-refractivity contribution in [2.24, 2.45) is 0 Å². The number of pyridine rings is 1. The number of H-pyrrole nitrogens is 1. The van der Waals surface area contributed by atoms with E-state index in [1.807, 2.05) is 36.5 Å². The predicted molar refractivity (Wildman–Crippen MR) is 75.2 cm³/mol. The lowest BCUT2D eigenvalue weighted by Gasteiger charge is -2.07. The Hall–Kier alpha value is -2.82. The molecule has 3 N–H and O–H groups in total. The summed E-state index contributed by atoms with van der Waals surface area (Å²) >= 11 is 0. The molecule has 1 aromatic carbocycles. The lowest BCUT2D eigenvalue weighted by Crippen LogP contribution is -2.20. The number of urea groups is 1. The third-order valence-electron chi connectivity index (χ3n) is 2.75. The molecule has 2 amide bonds. The van der Waals surface area contributed by atoms with Crippen molar-refractivity contribution in [1.82, 2.24) is 9.97 Å². The largest absolute Gasteiger partial charge is 0.361 e. The fourth-order valence-corrected chi connectivity index (χ4v) is 1.90. The van der Waals surface area contributed by atoms with E-state index in [4.69, 9.17) is 0 Å². The van der Waals surface area contributed by atoms with Gasteiger partial charge in [-0.3, -0.25) is 5.32 Å². The number of anilines is 2. The monoisotopic (exact) mass is 252 g/mol. The van der Waals surface area contributed by atoms with E-state index in [2.05, 4.69) is 20.6 Å². The molecule has 94 valence electrons. The molecule has 0 atom stereocenters. The van der Waals surface area contributed by atoms with Crippen molar-refractivity contribution in [3.63, 3.8) is 0 Å². The van der Waals surface area contributed by atoms with E-state index in [9.17, 15) is 4.79 Å². The SMILES string of the molecule is O=C(Nc1ccccn1)Nc1cccc2[nH]ccc12. The van der Waals surface area contributed by atoms with Gasteiger partial charge in [0.1, 0.15) is 5.82 Å². The van der Waals surface area contributed by atoms with E-state index < -0.39 is 0 Å². The van der Waals surface area contributed by atoms with Crippen LogP contribution in [-0.4, -0.2) is 16.0 Å². The maximum absolute atomic E-state index is 11.9. The molecule has 0 bridgehead atoms. The Labute approximate surface area is 109 Å². The molecule has 2 heterocycles. The standard InChI is InChI=1S/C14H12N4O/c19-14(18-13-6-1-2-8-16-13)17-12-5-3-4-11-10(12)7-9-15-11/h1-9,15H,(H2,16,17,18,19). The van der Waals surface area contributed by atoms with Gasteiger partial charge in [0.05, 0.1) is 5.69 Å². The van der Waals surface area contributed by atoms with Crippen molar-refractivity contribution in [2.75, 3.05) is 10.6 Å². The van der Waals surface area contributed by atoms with Crippen LogP contribution in [0.15, 0.2) is 54.9 Å². The van der Waals surface area contributed by atoms with Crippen LogP contribution in [-0.2, 0) is 0 Å². The first-order valence-electron chi connectivity index (χ1n) is 5.88. The topological polar surface area (TPSA) is 69.8 Å². The summed E-state index contributed by atoms with van der Waals surface area (Å²) in [5.74, 6) is 0.515. The number of rotatable bonds is 2. The molecule has 0 saturated heterocycles. The molecule has 0 unspecified atom stereocenters. The molecule has 0 saturated carbocycles. The van der Waals surface area contributed by atoms with Crippen molar-refractivity contribution in [1.29, 1.82) is 0 Å². The van der Waals surface area contributed by atoms with Gasteiger partial charge in [0.15, 0.2) is 0 Å². The summed E-state index contributed by atoms with van der Waals surface area (Å²) in [6.07, 6.45) is 3.47. The minimum absolute atomic E-state index is 0.313. The average Bonchev–Trinajstić information content (AvgIpc) is 2.89. The molecule has 0 fully saturated rings. The smallest absolute Gasteiger partial charge is 0.324 e. The summed E-state index contributed by atoms with van der Waals surface area (Å²) in [6, 6.07) is 12.6. The molecule has 0 spiro atoms. The molecule has 0 radical (unpaired) electrons. The van der Waals surface area contributed by atoms with Crippen LogP contribution >= 0.6 is 0 Å². The van der Waals surface area contributed by atoms with Crippen molar-refractivity contribution in [3.05, 3.63) is 54.9 Å². The molecule has 2 aromatic heterocycles. The zero-order chi connectivity index (χ0) is 13.1. The second-order valence-corrected chi connectivity index (χ2v) is 4.04. The molecule has 19 heavy (non-hydrogen) atoms. The number of carbonyl (C=O) groups excluding carboxylic acids is 1. The van der Waals surface area contributed by atoms with Gasteiger partial charge in [-0.1, -0.05) is 12.1 Å². The van der Waals surface area contributed by atoms with Gasteiger partial charge in [-0.25, -0.2) is 9.78 Å². The fraction of sp³-hybridized carbons (Fsp3) is 0. The predicted octanol–water partition coefficient (Wildman–Crippen LogP) is 3.21. The van der Waals surface area contributed by atoms with Crippen molar-refractivity contribution in [2.45, 2.75) is 0 Å². The fourth-order valence-electron chi connectivity index (χ4n) is 1.90. The van der Waals surface area contributed by atoms with E-state index in [-0.39, 0.29) is 6.03 Å². The van der Waals surface area contributed by atoms with E-state index in [0.29, 0.717) is 5.82 Å². The highest BCUT2D eigenvalue weighted by atomic mass is 16.2. The lowest BCUT2D eigenvalue weighted by molar-refractivity contribution is 0.262. The number of hydrogen-bond donors (Lipinski definition) is 3. The van der Waals surface area contributed by atoms with Gasteiger partial charge in [-0.05, 0) is 30.3 Å². The average molecular weight is 252 g/mol. The van der Waals surface area contributed by atoms with Crippen LogP contribution in [0.5, 0.6) is 0 Å². The minimum atomic E-state index is -0.313. The van der Waals surface area contributed by atoms with E-state index in [1.54, 1.807) is 18.3 Å². The molecule has 0 aliphatic rings. The first kappa shape index (κ1) is 11.3. The van der Waals surface area contributed by atoms with Crippen LogP contribution in [0.4, 0.5) is 16.3 Å². The molecular weight excluding hydrogens is 240 g/mol. The Morgan fingerprint density at radius 2 is 2.00 bits per heavy atom. The summed E-state index contributed by atoms with van der Waals surface area (Å²) in [7, 11) is 0. The Morgan fingerprint density at radius 3 is 2.84 bits per heavy atom. The zero-order valence-corrected chi connectivity index (χ0v) is 10.1. The van der Waals surface area contributed by atoms with Gasteiger partial charge >= 0.3 is 6.03 Å². The number of nitrogens with one attached hydrogen (secondary N) is 3. The van der Waals surface area contributed by atoms with Gasteiger partial charge in [0.2, 0.25) is 0 Å². The zero-order valence-electron chi connectivity index (χ0n) is 10.1. The minimum Gasteiger partial charge on any atom is -0.361 e. The summed E-state index contributed by atoms with van der Waals surface area (Å²) in [5, 5.41) is 6.46. The Morgan fingerprint density at radius 1 is 1.05 bits per heavy atom. The van der Waals surface area contributed by atoms with Gasteiger partial charge in [0, 0.05) is 23.3 Å². The van der Waals surface area contributed by atoms with Gasteiger partial charge in [-0.15, -0.1) is 0 Å². The third-order valence-corrected chi connectivity index (χ3v) is 2.75. The Bertz CT molecular complexity index is 706. The molecule has 0 aliphatic carbocycles. The van der Waals surface area contributed by atoms with E-state index >= 15 is 0 Å².